The molecule has 0 aliphatic heterocycles. The SMILES string of the molecule is CCN(CCO)CCOc1ccc2nc(Cc3ccc(C(F)(F)F)cc3)sc2c1. The number of benzene rings is 2. The van der Waals surface area contributed by atoms with E-state index in [0.29, 0.717) is 19.6 Å². The van der Waals surface area contributed by atoms with Crippen LogP contribution < -0.4 is 4.74 Å². The Balaban J connectivity index is 1.63. The molecule has 1 aromatic heterocycles. The van der Waals surface area contributed by atoms with E-state index in [2.05, 4.69) is 9.88 Å². The number of halogens is 3. The van der Waals surface area contributed by atoms with Gasteiger partial charge in [-0.05, 0) is 42.4 Å². The molecule has 0 aliphatic rings. The third-order valence-electron chi connectivity index (χ3n) is 4.58. The Kier molecular flexibility index (Phi) is 7.10. The smallest absolute Gasteiger partial charge is 0.416 e. The average Bonchev–Trinajstić information content (AvgIpc) is 3.08. The molecule has 2 aromatic carbocycles. The summed E-state index contributed by atoms with van der Waals surface area (Å²) in [6.07, 6.45) is -3.84. The van der Waals surface area contributed by atoms with Gasteiger partial charge in [-0.1, -0.05) is 19.1 Å². The number of rotatable bonds is 9. The highest BCUT2D eigenvalue weighted by Gasteiger charge is 2.29. The molecule has 0 saturated heterocycles. The zero-order chi connectivity index (χ0) is 20.9. The second kappa shape index (κ2) is 9.56. The summed E-state index contributed by atoms with van der Waals surface area (Å²) in [4.78, 5) is 6.68. The van der Waals surface area contributed by atoms with Gasteiger partial charge in [0.15, 0.2) is 0 Å². The van der Waals surface area contributed by atoms with E-state index in [1.807, 2.05) is 25.1 Å². The van der Waals surface area contributed by atoms with E-state index in [1.165, 1.54) is 23.5 Å². The molecule has 3 aromatic rings. The second-order valence-electron chi connectivity index (χ2n) is 6.61. The van der Waals surface area contributed by atoms with Gasteiger partial charge < -0.3 is 9.84 Å². The molecule has 4 nitrogen and oxygen atoms in total. The molecule has 1 N–H and O–H groups in total. The summed E-state index contributed by atoms with van der Waals surface area (Å²) in [5.41, 5.74) is 0.991. The van der Waals surface area contributed by atoms with Gasteiger partial charge in [-0.15, -0.1) is 11.3 Å². The lowest BCUT2D eigenvalue weighted by Crippen LogP contribution is -2.30. The van der Waals surface area contributed by atoms with Gasteiger partial charge in [0.05, 0.1) is 27.4 Å². The Bertz CT molecular complexity index is 926. The lowest BCUT2D eigenvalue weighted by molar-refractivity contribution is -0.137. The molecule has 0 fully saturated rings. The number of thiazole rings is 1. The number of aromatic nitrogens is 1. The van der Waals surface area contributed by atoms with Crippen LogP contribution in [0.3, 0.4) is 0 Å². The predicted molar refractivity (Wildman–Crippen MR) is 109 cm³/mol. The minimum Gasteiger partial charge on any atom is -0.492 e. The third-order valence-corrected chi connectivity index (χ3v) is 5.60. The molecule has 29 heavy (non-hydrogen) atoms. The zero-order valence-corrected chi connectivity index (χ0v) is 16.9. The Morgan fingerprint density at radius 3 is 2.52 bits per heavy atom. The molecule has 0 amide bonds. The molecule has 3 rings (SSSR count). The maximum Gasteiger partial charge on any atom is 0.416 e. The van der Waals surface area contributed by atoms with Crippen LogP contribution >= 0.6 is 11.3 Å². The molecule has 0 radical (unpaired) electrons. The fourth-order valence-corrected chi connectivity index (χ4v) is 4.00. The van der Waals surface area contributed by atoms with Gasteiger partial charge in [-0.25, -0.2) is 4.98 Å². The molecule has 156 valence electrons. The van der Waals surface area contributed by atoms with Crippen molar-refractivity contribution in [2.45, 2.75) is 19.5 Å². The topological polar surface area (TPSA) is 45.6 Å². The highest BCUT2D eigenvalue weighted by molar-refractivity contribution is 7.18. The summed E-state index contributed by atoms with van der Waals surface area (Å²) in [7, 11) is 0. The molecule has 8 heteroatoms. The van der Waals surface area contributed by atoms with Crippen molar-refractivity contribution in [2.75, 3.05) is 32.8 Å². The van der Waals surface area contributed by atoms with Gasteiger partial charge in [0.2, 0.25) is 0 Å². The molecular formula is C21H23F3N2O2S. The number of aliphatic hydroxyl groups is 1. The van der Waals surface area contributed by atoms with E-state index in [-0.39, 0.29) is 6.61 Å². The highest BCUT2D eigenvalue weighted by Crippen LogP contribution is 2.31. The molecule has 0 spiro atoms. The van der Waals surface area contributed by atoms with Gasteiger partial charge in [-0.2, -0.15) is 13.2 Å². The Labute approximate surface area is 171 Å². The van der Waals surface area contributed by atoms with Crippen molar-refractivity contribution in [3.05, 3.63) is 58.6 Å². The van der Waals surface area contributed by atoms with Crippen LogP contribution in [-0.2, 0) is 12.6 Å². The van der Waals surface area contributed by atoms with Crippen LogP contribution in [0, 0.1) is 0 Å². The van der Waals surface area contributed by atoms with Crippen molar-refractivity contribution < 1.29 is 23.0 Å². The van der Waals surface area contributed by atoms with E-state index in [4.69, 9.17) is 9.84 Å². The predicted octanol–water partition coefficient (Wildman–Crippen LogP) is 4.60. The highest BCUT2D eigenvalue weighted by atomic mass is 32.1. The van der Waals surface area contributed by atoms with Crippen molar-refractivity contribution in [3.63, 3.8) is 0 Å². The van der Waals surface area contributed by atoms with E-state index in [9.17, 15) is 13.2 Å². The maximum absolute atomic E-state index is 12.7. The number of ether oxygens (including phenoxy) is 1. The normalized spacial score (nSPS) is 12.1. The number of alkyl halides is 3. The largest absolute Gasteiger partial charge is 0.492 e. The van der Waals surface area contributed by atoms with Gasteiger partial charge in [-0.3, -0.25) is 4.90 Å². The molecule has 0 unspecified atom stereocenters. The quantitative estimate of drug-likeness (QED) is 0.545. The molecule has 0 saturated carbocycles. The van der Waals surface area contributed by atoms with Gasteiger partial charge in [0, 0.05) is 19.5 Å². The van der Waals surface area contributed by atoms with E-state index < -0.39 is 11.7 Å². The minimum absolute atomic E-state index is 0.127. The van der Waals surface area contributed by atoms with Crippen LogP contribution in [0.5, 0.6) is 5.75 Å². The molecule has 0 bridgehead atoms. The second-order valence-corrected chi connectivity index (χ2v) is 7.73. The minimum atomic E-state index is -4.32. The van der Waals surface area contributed by atoms with Crippen LogP contribution in [0.4, 0.5) is 13.2 Å². The monoisotopic (exact) mass is 424 g/mol. The van der Waals surface area contributed by atoms with Crippen LogP contribution in [-0.4, -0.2) is 47.8 Å². The third kappa shape index (κ3) is 5.91. The number of likely N-dealkylation sites (N-methyl/N-ethyl adjacent to an activating group) is 1. The van der Waals surface area contributed by atoms with Crippen molar-refractivity contribution in [2.24, 2.45) is 0 Å². The summed E-state index contributed by atoms with van der Waals surface area (Å²) in [6.45, 7) is 4.90. The number of hydrogen-bond acceptors (Lipinski definition) is 5. The van der Waals surface area contributed by atoms with Crippen molar-refractivity contribution in [1.29, 1.82) is 0 Å². The Hall–Kier alpha value is -2.16. The summed E-state index contributed by atoms with van der Waals surface area (Å²) in [6, 6.07) is 10.9. The number of aliphatic hydroxyl groups excluding tert-OH is 1. The molecule has 0 atom stereocenters. The number of fused-ring (bicyclic) bond motifs is 1. The molecule has 1 heterocycles. The van der Waals surface area contributed by atoms with Crippen LogP contribution in [0.25, 0.3) is 10.2 Å². The fourth-order valence-electron chi connectivity index (χ4n) is 2.97. The molecular weight excluding hydrogens is 401 g/mol. The maximum atomic E-state index is 12.7. The fraction of sp³-hybridized carbons (Fsp3) is 0.381. The van der Waals surface area contributed by atoms with Gasteiger partial charge in [0.1, 0.15) is 12.4 Å². The van der Waals surface area contributed by atoms with Crippen LogP contribution in [0.2, 0.25) is 0 Å². The standard InChI is InChI=1S/C21H23F3N2O2S/c1-2-26(9-11-27)10-12-28-17-7-8-18-19(14-17)29-20(25-18)13-15-3-5-16(6-4-15)21(22,23)24/h3-8,14,27H,2,9-13H2,1H3. The average molecular weight is 424 g/mol. The van der Waals surface area contributed by atoms with Crippen molar-refractivity contribution in [3.8, 4) is 5.75 Å². The van der Waals surface area contributed by atoms with Crippen molar-refractivity contribution in [1.82, 2.24) is 9.88 Å². The molecule has 0 aliphatic carbocycles. The zero-order valence-electron chi connectivity index (χ0n) is 16.1. The first-order valence-corrected chi connectivity index (χ1v) is 10.2. The van der Waals surface area contributed by atoms with E-state index in [1.54, 1.807) is 0 Å². The summed E-state index contributed by atoms with van der Waals surface area (Å²) < 4.78 is 44.8. The summed E-state index contributed by atoms with van der Waals surface area (Å²) in [5.74, 6) is 0.752. The van der Waals surface area contributed by atoms with E-state index in [0.717, 1.165) is 51.8 Å². The Morgan fingerprint density at radius 1 is 1.10 bits per heavy atom. The lowest BCUT2D eigenvalue weighted by atomic mass is 10.1. The van der Waals surface area contributed by atoms with Gasteiger partial charge >= 0.3 is 6.18 Å². The Morgan fingerprint density at radius 2 is 1.86 bits per heavy atom. The number of nitrogens with zero attached hydrogens (tertiary/aromatic N) is 2. The lowest BCUT2D eigenvalue weighted by Gasteiger charge is -2.19. The van der Waals surface area contributed by atoms with Crippen LogP contribution in [0.1, 0.15) is 23.1 Å². The first-order chi connectivity index (χ1) is 13.9. The van der Waals surface area contributed by atoms with Crippen molar-refractivity contribution >= 4 is 21.6 Å². The first-order valence-electron chi connectivity index (χ1n) is 9.40. The summed E-state index contributed by atoms with van der Waals surface area (Å²) in [5, 5.41) is 9.87. The first kappa shape index (κ1) is 21.5. The summed E-state index contributed by atoms with van der Waals surface area (Å²) >= 11 is 1.51. The van der Waals surface area contributed by atoms with E-state index >= 15 is 0 Å². The number of hydrogen-bond donors (Lipinski definition) is 1. The van der Waals surface area contributed by atoms with Gasteiger partial charge in [0.25, 0.3) is 0 Å². The van der Waals surface area contributed by atoms with Crippen LogP contribution in [0.15, 0.2) is 42.5 Å².